The van der Waals surface area contributed by atoms with Gasteiger partial charge >= 0.3 is 0 Å². The van der Waals surface area contributed by atoms with Gasteiger partial charge in [0.15, 0.2) is 0 Å². The first-order chi connectivity index (χ1) is 6.20. The molecule has 1 aliphatic rings. The molecule has 2 rings (SSSR count). The molecule has 0 aliphatic heterocycles. The van der Waals surface area contributed by atoms with Gasteiger partial charge in [-0.25, -0.2) is 0 Å². The van der Waals surface area contributed by atoms with Crippen molar-refractivity contribution in [2.45, 2.75) is 18.8 Å². The van der Waals surface area contributed by atoms with Crippen LogP contribution in [0.4, 0.5) is 11.4 Å². The summed E-state index contributed by atoms with van der Waals surface area (Å²) < 4.78 is 0. The number of nitrogens with two attached hydrogens (primary N) is 1. The zero-order valence-corrected chi connectivity index (χ0v) is 7.06. The molecule has 0 saturated heterocycles. The van der Waals surface area contributed by atoms with Gasteiger partial charge in [-0.3, -0.25) is 10.1 Å². The van der Waals surface area contributed by atoms with E-state index in [0.29, 0.717) is 11.6 Å². The smallest absolute Gasteiger partial charge is 0.292 e. The predicted molar refractivity (Wildman–Crippen MR) is 49.5 cm³/mol. The second-order valence-corrected chi connectivity index (χ2v) is 3.31. The Morgan fingerprint density at radius 2 is 2.15 bits per heavy atom. The van der Waals surface area contributed by atoms with E-state index < -0.39 is 4.92 Å². The monoisotopic (exact) mass is 178 g/mol. The van der Waals surface area contributed by atoms with E-state index in [1.165, 1.54) is 6.07 Å². The molecular weight excluding hydrogens is 168 g/mol. The van der Waals surface area contributed by atoms with Gasteiger partial charge < -0.3 is 5.73 Å². The summed E-state index contributed by atoms with van der Waals surface area (Å²) in [5, 5.41) is 10.5. The molecule has 4 heteroatoms. The van der Waals surface area contributed by atoms with Gasteiger partial charge in [0, 0.05) is 6.07 Å². The average Bonchev–Trinajstić information content (AvgIpc) is 2.87. The number of para-hydroxylation sites is 1. The lowest BCUT2D eigenvalue weighted by Gasteiger charge is -2.03. The maximum atomic E-state index is 10.5. The largest absolute Gasteiger partial charge is 0.393 e. The first-order valence-electron chi connectivity index (χ1n) is 4.23. The van der Waals surface area contributed by atoms with Crippen molar-refractivity contribution in [1.29, 1.82) is 0 Å². The van der Waals surface area contributed by atoms with Gasteiger partial charge in [-0.2, -0.15) is 0 Å². The molecule has 1 saturated carbocycles. The Bertz CT molecular complexity index is 359. The maximum absolute atomic E-state index is 10.5. The van der Waals surface area contributed by atoms with Gasteiger partial charge in [-0.15, -0.1) is 0 Å². The van der Waals surface area contributed by atoms with Crippen LogP contribution >= 0.6 is 0 Å². The molecule has 0 amide bonds. The minimum Gasteiger partial charge on any atom is -0.393 e. The van der Waals surface area contributed by atoms with Crippen LogP contribution in [0.3, 0.4) is 0 Å². The van der Waals surface area contributed by atoms with Crippen LogP contribution in [0.25, 0.3) is 0 Å². The van der Waals surface area contributed by atoms with Crippen LogP contribution in [0.1, 0.15) is 24.3 Å². The summed E-state index contributed by atoms with van der Waals surface area (Å²) in [6.07, 6.45) is 2.21. The highest BCUT2D eigenvalue weighted by atomic mass is 16.6. The van der Waals surface area contributed by atoms with E-state index in [1.807, 2.05) is 6.07 Å². The van der Waals surface area contributed by atoms with E-state index in [2.05, 4.69) is 0 Å². The Labute approximate surface area is 75.5 Å². The Morgan fingerprint density at radius 3 is 2.69 bits per heavy atom. The van der Waals surface area contributed by atoms with E-state index in [0.717, 1.165) is 18.4 Å². The van der Waals surface area contributed by atoms with Gasteiger partial charge in [0.2, 0.25) is 0 Å². The fourth-order valence-corrected chi connectivity index (χ4v) is 1.48. The molecular formula is C9H10N2O2. The summed E-state index contributed by atoms with van der Waals surface area (Å²) in [5.74, 6) is 0.458. The minimum atomic E-state index is -0.429. The van der Waals surface area contributed by atoms with Gasteiger partial charge in [0.1, 0.15) is 5.69 Å². The molecule has 1 aromatic carbocycles. The lowest BCUT2D eigenvalue weighted by Crippen LogP contribution is -1.98. The number of benzene rings is 1. The SMILES string of the molecule is Nc1c(C2CC2)cccc1[N+](=O)[O-]. The minimum absolute atomic E-state index is 0.0319. The number of nitro groups is 1. The van der Waals surface area contributed by atoms with Crippen molar-refractivity contribution in [3.8, 4) is 0 Å². The highest BCUT2D eigenvalue weighted by Gasteiger charge is 2.28. The molecule has 68 valence electrons. The van der Waals surface area contributed by atoms with Crippen LogP contribution in [0.2, 0.25) is 0 Å². The van der Waals surface area contributed by atoms with Crippen molar-refractivity contribution in [3.05, 3.63) is 33.9 Å². The summed E-state index contributed by atoms with van der Waals surface area (Å²) in [6.45, 7) is 0. The number of nitrogen functional groups attached to an aromatic ring is 1. The van der Waals surface area contributed by atoms with Gasteiger partial charge in [-0.1, -0.05) is 12.1 Å². The Morgan fingerprint density at radius 1 is 1.46 bits per heavy atom. The number of nitro benzene ring substituents is 1. The molecule has 0 bridgehead atoms. The molecule has 0 aromatic heterocycles. The van der Waals surface area contributed by atoms with Crippen LogP contribution in [0.5, 0.6) is 0 Å². The van der Waals surface area contributed by atoms with Crippen molar-refractivity contribution in [3.63, 3.8) is 0 Å². The van der Waals surface area contributed by atoms with Crippen LogP contribution in [0.15, 0.2) is 18.2 Å². The van der Waals surface area contributed by atoms with E-state index in [1.54, 1.807) is 6.07 Å². The third-order valence-electron chi connectivity index (χ3n) is 2.33. The second kappa shape index (κ2) is 2.73. The maximum Gasteiger partial charge on any atom is 0.292 e. The topological polar surface area (TPSA) is 69.2 Å². The molecule has 0 atom stereocenters. The van der Waals surface area contributed by atoms with Crippen LogP contribution in [-0.4, -0.2) is 4.92 Å². The lowest BCUT2D eigenvalue weighted by molar-refractivity contribution is -0.383. The van der Waals surface area contributed by atoms with Crippen molar-refractivity contribution in [2.24, 2.45) is 0 Å². The van der Waals surface area contributed by atoms with Crippen LogP contribution in [0, 0.1) is 10.1 Å². The molecule has 1 aliphatic carbocycles. The van der Waals surface area contributed by atoms with Gasteiger partial charge in [0.05, 0.1) is 4.92 Å². The number of nitrogens with zero attached hydrogens (tertiary/aromatic N) is 1. The number of hydrogen-bond donors (Lipinski definition) is 1. The Hall–Kier alpha value is -1.58. The third-order valence-corrected chi connectivity index (χ3v) is 2.33. The molecule has 0 heterocycles. The van der Waals surface area contributed by atoms with Crippen molar-refractivity contribution < 1.29 is 4.92 Å². The highest BCUT2D eigenvalue weighted by molar-refractivity contribution is 5.64. The average molecular weight is 178 g/mol. The summed E-state index contributed by atoms with van der Waals surface area (Å²) in [5.41, 5.74) is 7.00. The van der Waals surface area contributed by atoms with Crippen molar-refractivity contribution >= 4 is 11.4 Å². The molecule has 0 spiro atoms. The van der Waals surface area contributed by atoms with Gasteiger partial charge in [0.25, 0.3) is 5.69 Å². The number of anilines is 1. The van der Waals surface area contributed by atoms with E-state index in [9.17, 15) is 10.1 Å². The zero-order chi connectivity index (χ0) is 9.42. The Balaban J connectivity index is 2.47. The molecule has 0 unspecified atom stereocenters. The fraction of sp³-hybridized carbons (Fsp3) is 0.333. The van der Waals surface area contributed by atoms with Gasteiger partial charge in [-0.05, 0) is 24.3 Å². The predicted octanol–water partition coefficient (Wildman–Crippen LogP) is 2.05. The number of rotatable bonds is 2. The first kappa shape index (κ1) is 8.04. The zero-order valence-electron chi connectivity index (χ0n) is 7.06. The fourth-order valence-electron chi connectivity index (χ4n) is 1.48. The standard InChI is InChI=1S/C9H10N2O2/c10-9-7(6-4-5-6)2-1-3-8(9)11(12)13/h1-3,6H,4-5,10H2. The third kappa shape index (κ3) is 1.35. The molecule has 1 fully saturated rings. The summed E-state index contributed by atoms with van der Waals surface area (Å²) in [4.78, 5) is 10.1. The summed E-state index contributed by atoms with van der Waals surface area (Å²) >= 11 is 0. The summed E-state index contributed by atoms with van der Waals surface area (Å²) in [6, 6.07) is 5.02. The van der Waals surface area contributed by atoms with Crippen LogP contribution < -0.4 is 5.73 Å². The van der Waals surface area contributed by atoms with E-state index >= 15 is 0 Å². The molecule has 13 heavy (non-hydrogen) atoms. The first-order valence-corrected chi connectivity index (χ1v) is 4.23. The molecule has 0 radical (unpaired) electrons. The molecule has 2 N–H and O–H groups in total. The van der Waals surface area contributed by atoms with E-state index in [-0.39, 0.29) is 5.69 Å². The highest BCUT2D eigenvalue weighted by Crippen LogP contribution is 2.44. The lowest BCUT2D eigenvalue weighted by atomic mass is 10.1. The van der Waals surface area contributed by atoms with Crippen molar-refractivity contribution in [1.82, 2.24) is 0 Å². The van der Waals surface area contributed by atoms with Crippen LogP contribution in [-0.2, 0) is 0 Å². The quantitative estimate of drug-likeness (QED) is 0.428. The Kier molecular flexibility index (Phi) is 1.69. The molecule has 4 nitrogen and oxygen atoms in total. The number of hydrogen-bond acceptors (Lipinski definition) is 3. The van der Waals surface area contributed by atoms with E-state index in [4.69, 9.17) is 5.73 Å². The second-order valence-electron chi connectivity index (χ2n) is 3.31. The molecule has 1 aromatic rings. The summed E-state index contributed by atoms with van der Waals surface area (Å²) in [7, 11) is 0. The normalized spacial score (nSPS) is 15.7. The van der Waals surface area contributed by atoms with Crippen molar-refractivity contribution in [2.75, 3.05) is 5.73 Å².